The number of hydrogen-bond acceptors (Lipinski definition) is 4. The van der Waals surface area contributed by atoms with Crippen LogP contribution in [0.4, 0.5) is 0 Å². The van der Waals surface area contributed by atoms with Crippen LogP contribution >= 0.6 is 0 Å². The van der Waals surface area contributed by atoms with E-state index in [-0.39, 0.29) is 17.9 Å². The average Bonchev–Trinajstić information content (AvgIpc) is 3.38. The number of aryl methyl sites for hydroxylation is 2. The Balaban J connectivity index is 1.33. The lowest BCUT2D eigenvalue weighted by Crippen LogP contribution is -2.46. The quantitative estimate of drug-likeness (QED) is 0.706. The first-order valence-corrected chi connectivity index (χ1v) is 10.2. The molecule has 3 aromatic rings. The van der Waals surface area contributed by atoms with E-state index in [4.69, 9.17) is 4.42 Å². The van der Waals surface area contributed by atoms with Gasteiger partial charge in [-0.05, 0) is 62.6 Å². The summed E-state index contributed by atoms with van der Waals surface area (Å²) in [6, 6.07) is 13.1. The maximum atomic E-state index is 12.8. The molecule has 1 aliphatic rings. The Morgan fingerprint density at radius 3 is 2.60 bits per heavy atom. The Kier molecular flexibility index (Phi) is 5.70. The molecule has 1 aromatic carbocycles. The third-order valence-electron chi connectivity index (χ3n) is 5.47. The number of nitrogens with zero attached hydrogens (tertiary/aromatic N) is 3. The molecule has 4 rings (SSSR count). The third-order valence-corrected chi connectivity index (χ3v) is 5.47. The number of benzene rings is 1. The van der Waals surface area contributed by atoms with Crippen LogP contribution in [0.3, 0.4) is 0 Å². The molecule has 7 nitrogen and oxygen atoms in total. The standard InChI is InChI=1S/C23H26N4O3/c1-16-13-17(2)27(25-16)15-18-5-3-6-19(14-18)22(28)24-20-8-10-26(11-9-20)23(29)21-7-4-12-30-21/h3-7,12-14,20H,8-11,15H2,1-2H3,(H,24,28). The second kappa shape index (κ2) is 8.57. The Labute approximate surface area is 175 Å². The van der Waals surface area contributed by atoms with Crippen molar-refractivity contribution >= 4 is 11.8 Å². The predicted octanol–water partition coefficient (Wildman–Crippen LogP) is 3.18. The Morgan fingerprint density at radius 1 is 1.13 bits per heavy atom. The first-order valence-electron chi connectivity index (χ1n) is 10.2. The van der Waals surface area contributed by atoms with E-state index < -0.39 is 0 Å². The number of carbonyl (C=O) groups is 2. The van der Waals surface area contributed by atoms with Gasteiger partial charge < -0.3 is 14.6 Å². The topological polar surface area (TPSA) is 80.4 Å². The molecule has 0 atom stereocenters. The van der Waals surface area contributed by atoms with Crippen molar-refractivity contribution in [2.45, 2.75) is 39.3 Å². The minimum Gasteiger partial charge on any atom is -0.459 e. The monoisotopic (exact) mass is 406 g/mol. The number of furan rings is 1. The van der Waals surface area contributed by atoms with Crippen molar-refractivity contribution in [2.75, 3.05) is 13.1 Å². The summed E-state index contributed by atoms with van der Waals surface area (Å²) >= 11 is 0. The van der Waals surface area contributed by atoms with Crippen LogP contribution in [0.15, 0.2) is 53.1 Å². The summed E-state index contributed by atoms with van der Waals surface area (Å²) in [4.78, 5) is 26.9. The van der Waals surface area contributed by atoms with Crippen molar-refractivity contribution in [1.29, 1.82) is 0 Å². The Hall–Kier alpha value is -3.35. The number of rotatable bonds is 5. The molecule has 2 amide bonds. The summed E-state index contributed by atoms with van der Waals surface area (Å²) in [5.74, 6) is 0.180. The van der Waals surface area contributed by atoms with Gasteiger partial charge in [0, 0.05) is 30.4 Å². The van der Waals surface area contributed by atoms with Crippen molar-refractivity contribution in [3.8, 4) is 0 Å². The van der Waals surface area contributed by atoms with Crippen LogP contribution in [0.1, 0.15) is 50.7 Å². The van der Waals surface area contributed by atoms with E-state index >= 15 is 0 Å². The molecule has 156 valence electrons. The zero-order valence-electron chi connectivity index (χ0n) is 17.3. The number of aromatic nitrogens is 2. The van der Waals surface area contributed by atoms with Crippen molar-refractivity contribution < 1.29 is 14.0 Å². The SMILES string of the molecule is Cc1cc(C)n(Cc2cccc(C(=O)NC3CCN(C(=O)c4ccco4)CC3)c2)n1. The Bertz CT molecular complexity index is 1030. The van der Waals surface area contributed by atoms with E-state index in [1.54, 1.807) is 17.0 Å². The van der Waals surface area contributed by atoms with Gasteiger partial charge in [-0.25, -0.2) is 0 Å². The number of piperidine rings is 1. The fourth-order valence-corrected chi connectivity index (χ4v) is 3.87. The van der Waals surface area contributed by atoms with E-state index in [1.165, 1.54) is 6.26 Å². The van der Waals surface area contributed by atoms with Gasteiger partial charge in [0.05, 0.1) is 18.5 Å². The summed E-state index contributed by atoms with van der Waals surface area (Å²) in [5, 5.41) is 7.60. The van der Waals surface area contributed by atoms with Crippen LogP contribution in [0.2, 0.25) is 0 Å². The van der Waals surface area contributed by atoms with Gasteiger partial charge in [-0.2, -0.15) is 5.10 Å². The largest absolute Gasteiger partial charge is 0.459 e. The first kappa shape index (κ1) is 19.9. The molecule has 7 heteroatoms. The second-order valence-electron chi connectivity index (χ2n) is 7.80. The molecule has 0 unspecified atom stereocenters. The van der Waals surface area contributed by atoms with Crippen LogP contribution in [-0.2, 0) is 6.54 Å². The van der Waals surface area contributed by atoms with Crippen LogP contribution in [0, 0.1) is 13.8 Å². The molecule has 1 saturated heterocycles. The lowest BCUT2D eigenvalue weighted by molar-refractivity contribution is 0.0667. The van der Waals surface area contributed by atoms with Crippen molar-refractivity contribution in [3.05, 3.63) is 77.0 Å². The number of nitrogens with one attached hydrogen (secondary N) is 1. The molecule has 0 aliphatic carbocycles. The number of carbonyl (C=O) groups excluding carboxylic acids is 2. The second-order valence-corrected chi connectivity index (χ2v) is 7.80. The highest BCUT2D eigenvalue weighted by Crippen LogP contribution is 2.16. The molecular formula is C23H26N4O3. The molecule has 0 radical (unpaired) electrons. The molecule has 1 fully saturated rings. The number of likely N-dealkylation sites (tertiary alicyclic amines) is 1. The maximum absolute atomic E-state index is 12.8. The first-order chi connectivity index (χ1) is 14.5. The van der Waals surface area contributed by atoms with Gasteiger partial charge in [-0.3, -0.25) is 14.3 Å². The number of amides is 2. The summed E-state index contributed by atoms with van der Waals surface area (Å²) in [6.45, 7) is 5.83. The van der Waals surface area contributed by atoms with E-state index in [9.17, 15) is 9.59 Å². The highest BCUT2D eigenvalue weighted by Gasteiger charge is 2.26. The zero-order chi connectivity index (χ0) is 21.1. The van der Waals surface area contributed by atoms with Gasteiger partial charge in [0.15, 0.2) is 5.76 Å². The molecular weight excluding hydrogens is 380 g/mol. The van der Waals surface area contributed by atoms with E-state index in [0.29, 0.717) is 31.0 Å². The minimum absolute atomic E-state index is 0.0535. The normalized spacial score (nSPS) is 14.7. The lowest BCUT2D eigenvalue weighted by atomic mass is 10.0. The van der Waals surface area contributed by atoms with Crippen molar-refractivity contribution in [2.24, 2.45) is 0 Å². The van der Waals surface area contributed by atoms with Gasteiger partial charge in [-0.1, -0.05) is 12.1 Å². The van der Waals surface area contributed by atoms with Gasteiger partial charge in [0.25, 0.3) is 11.8 Å². The third kappa shape index (κ3) is 4.45. The van der Waals surface area contributed by atoms with E-state index in [2.05, 4.69) is 10.4 Å². The summed E-state index contributed by atoms with van der Waals surface area (Å²) in [6.07, 6.45) is 2.95. The van der Waals surface area contributed by atoms with Gasteiger partial charge in [-0.15, -0.1) is 0 Å². The van der Waals surface area contributed by atoms with Crippen molar-refractivity contribution in [3.63, 3.8) is 0 Å². The highest BCUT2D eigenvalue weighted by molar-refractivity contribution is 5.94. The highest BCUT2D eigenvalue weighted by atomic mass is 16.3. The summed E-state index contributed by atoms with van der Waals surface area (Å²) < 4.78 is 7.14. The molecule has 1 aliphatic heterocycles. The average molecular weight is 406 g/mol. The summed E-state index contributed by atoms with van der Waals surface area (Å²) in [5.41, 5.74) is 3.76. The molecule has 0 spiro atoms. The van der Waals surface area contributed by atoms with Crippen molar-refractivity contribution in [1.82, 2.24) is 20.0 Å². The minimum atomic E-state index is -0.0957. The van der Waals surface area contributed by atoms with Gasteiger partial charge in [0.1, 0.15) is 0 Å². The van der Waals surface area contributed by atoms with Crippen LogP contribution in [0.25, 0.3) is 0 Å². The van der Waals surface area contributed by atoms with Gasteiger partial charge >= 0.3 is 0 Å². The molecule has 30 heavy (non-hydrogen) atoms. The molecule has 0 bridgehead atoms. The smallest absolute Gasteiger partial charge is 0.289 e. The van der Waals surface area contributed by atoms with Crippen LogP contribution in [-0.4, -0.2) is 45.6 Å². The van der Waals surface area contributed by atoms with E-state index in [0.717, 1.165) is 29.8 Å². The molecule has 0 saturated carbocycles. The van der Waals surface area contributed by atoms with Gasteiger partial charge in [0.2, 0.25) is 0 Å². The van der Waals surface area contributed by atoms with Crippen LogP contribution in [0.5, 0.6) is 0 Å². The van der Waals surface area contributed by atoms with Crippen LogP contribution < -0.4 is 5.32 Å². The zero-order valence-corrected chi connectivity index (χ0v) is 17.3. The van der Waals surface area contributed by atoms with E-state index in [1.807, 2.05) is 48.9 Å². The predicted molar refractivity (Wildman–Crippen MR) is 112 cm³/mol. The molecule has 3 heterocycles. The maximum Gasteiger partial charge on any atom is 0.289 e. The number of hydrogen-bond donors (Lipinski definition) is 1. The lowest BCUT2D eigenvalue weighted by Gasteiger charge is -2.31. The molecule has 1 N–H and O–H groups in total. The molecule has 2 aromatic heterocycles. The Morgan fingerprint density at radius 2 is 1.93 bits per heavy atom. The fraction of sp³-hybridized carbons (Fsp3) is 0.348. The summed E-state index contributed by atoms with van der Waals surface area (Å²) in [7, 11) is 0. The fourth-order valence-electron chi connectivity index (χ4n) is 3.87.